The second-order valence-corrected chi connectivity index (χ2v) is 5.96. The van der Waals surface area contributed by atoms with Crippen molar-refractivity contribution in [3.63, 3.8) is 0 Å². The maximum absolute atomic E-state index is 12.9. The molecule has 6 nitrogen and oxygen atoms in total. The lowest BCUT2D eigenvalue weighted by atomic mass is 9.93. The van der Waals surface area contributed by atoms with Gasteiger partial charge in [-0.1, -0.05) is 0 Å². The maximum Gasteiger partial charge on any atom is 0.242 e. The number of methoxy groups -OCH3 is 1. The quantitative estimate of drug-likeness (QED) is 0.850. The third-order valence-corrected chi connectivity index (χ3v) is 4.13. The van der Waals surface area contributed by atoms with Crippen molar-refractivity contribution >= 4 is 11.8 Å². The van der Waals surface area contributed by atoms with Crippen molar-refractivity contribution in [1.29, 1.82) is 0 Å². The number of nitrogens with zero attached hydrogens (tertiary/aromatic N) is 1. The lowest BCUT2D eigenvalue weighted by Crippen LogP contribution is -2.55. The van der Waals surface area contributed by atoms with Gasteiger partial charge in [-0.3, -0.25) is 9.59 Å². The zero-order valence-corrected chi connectivity index (χ0v) is 14.0. The minimum absolute atomic E-state index is 0.0199. The monoisotopic (exact) mass is 338 g/mol. The minimum Gasteiger partial charge on any atom is -0.491 e. The van der Waals surface area contributed by atoms with Gasteiger partial charge in [0.2, 0.25) is 11.8 Å². The molecule has 2 rings (SSSR count). The first-order chi connectivity index (χ1) is 11.4. The van der Waals surface area contributed by atoms with Crippen LogP contribution in [0.1, 0.15) is 19.8 Å². The summed E-state index contributed by atoms with van der Waals surface area (Å²) in [7, 11) is 1.59. The Morgan fingerprint density at radius 2 is 2.04 bits per heavy atom. The van der Waals surface area contributed by atoms with Crippen LogP contribution in [0.5, 0.6) is 5.75 Å². The minimum atomic E-state index is -0.613. The van der Waals surface area contributed by atoms with Gasteiger partial charge in [-0.25, -0.2) is 4.39 Å². The summed E-state index contributed by atoms with van der Waals surface area (Å²) in [6.07, 6.45) is 1.54. The molecule has 1 unspecified atom stereocenters. The summed E-state index contributed by atoms with van der Waals surface area (Å²) in [5.74, 6) is -0.156. The average Bonchev–Trinajstić information content (AvgIpc) is 2.59. The molecule has 1 heterocycles. The van der Waals surface area contributed by atoms with E-state index in [0.29, 0.717) is 18.8 Å². The van der Waals surface area contributed by atoms with E-state index in [1.807, 2.05) is 0 Å². The molecule has 1 aliphatic heterocycles. The van der Waals surface area contributed by atoms with Crippen molar-refractivity contribution in [1.82, 2.24) is 10.2 Å². The topological polar surface area (TPSA) is 67.9 Å². The van der Waals surface area contributed by atoms with Crippen molar-refractivity contribution in [3.8, 4) is 5.75 Å². The second kappa shape index (κ2) is 8.10. The third kappa shape index (κ3) is 4.92. The molecular formula is C17H23FN2O4. The SMILES string of the molecule is COC1(COc2ccc(F)cc2)CCCN(C(=O)CNC(C)=O)C1. The number of carbonyl (C=O) groups excluding carboxylic acids is 2. The van der Waals surface area contributed by atoms with Gasteiger partial charge in [0.15, 0.2) is 0 Å². The van der Waals surface area contributed by atoms with Crippen molar-refractivity contribution in [2.75, 3.05) is 33.4 Å². The molecule has 1 atom stereocenters. The first-order valence-corrected chi connectivity index (χ1v) is 7.90. The Balaban J connectivity index is 1.95. The van der Waals surface area contributed by atoms with Crippen LogP contribution in [0.15, 0.2) is 24.3 Å². The molecule has 2 amide bonds. The van der Waals surface area contributed by atoms with Gasteiger partial charge in [-0.15, -0.1) is 0 Å². The van der Waals surface area contributed by atoms with Crippen LogP contribution >= 0.6 is 0 Å². The molecular weight excluding hydrogens is 315 g/mol. The predicted octanol–water partition coefficient (Wildman–Crippen LogP) is 1.35. The molecule has 0 aliphatic carbocycles. The predicted molar refractivity (Wildman–Crippen MR) is 86.1 cm³/mol. The number of piperidine rings is 1. The van der Waals surface area contributed by atoms with E-state index in [9.17, 15) is 14.0 Å². The molecule has 132 valence electrons. The molecule has 7 heteroatoms. The van der Waals surface area contributed by atoms with E-state index in [0.717, 1.165) is 12.8 Å². The van der Waals surface area contributed by atoms with Crippen LogP contribution in [0.2, 0.25) is 0 Å². The summed E-state index contributed by atoms with van der Waals surface area (Å²) in [5.41, 5.74) is -0.613. The number of likely N-dealkylation sites (tertiary alicyclic amines) is 1. The first kappa shape index (κ1) is 18.2. The molecule has 0 aromatic heterocycles. The highest BCUT2D eigenvalue weighted by Gasteiger charge is 2.38. The van der Waals surface area contributed by atoms with Crippen LogP contribution in [-0.2, 0) is 14.3 Å². The van der Waals surface area contributed by atoms with E-state index in [-0.39, 0.29) is 30.8 Å². The summed E-state index contributed by atoms with van der Waals surface area (Å²) in [6, 6.07) is 5.78. The number of ether oxygens (including phenoxy) is 2. The highest BCUT2D eigenvalue weighted by atomic mass is 19.1. The Morgan fingerprint density at radius 3 is 2.67 bits per heavy atom. The highest BCUT2D eigenvalue weighted by molar-refractivity contribution is 5.83. The molecule has 24 heavy (non-hydrogen) atoms. The van der Waals surface area contributed by atoms with Crippen LogP contribution in [0.25, 0.3) is 0 Å². The van der Waals surface area contributed by atoms with Gasteiger partial charge in [-0.2, -0.15) is 0 Å². The summed E-state index contributed by atoms with van der Waals surface area (Å²) in [4.78, 5) is 24.8. The molecule has 1 aromatic rings. The second-order valence-electron chi connectivity index (χ2n) is 5.96. The number of amides is 2. The largest absolute Gasteiger partial charge is 0.491 e. The lowest BCUT2D eigenvalue weighted by molar-refractivity contribution is -0.143. The van der Waals surface area contributed by atoms with Crippen LogP contribution in [0.4, 0.5) is 4.39 Å². The Hall–Kier alpha value is -2.15. The van der Waals surface area contributed by atoms with Crippen LogP contribution in [0, 0.1) is 5.82 Å². The van der Waals surface area contributed by atoms with Crippen molar-refractivity contribution < 1.29 is 23.5 Å². The molecule has 1 aliphatic rings. The maximum atomic E-state index is 12.9. The number of rotatable bonds is 6. The summed E-state index contributed by atoms with van der Waals surface area (Å²) < 4.78 is 24.3. The fraction of sp³-hybridized carbons (Fsp3) is 0.529. The molecule has 0 spiro atoms. The van der Waals surface area contributed by atoms with Gasteiger partial charge in [0.05, 0.1) is 13.1 Å². The van der Waals surface area contributed by atoms with E-state index in [4.69, 9.17) is 9.47 Å². The Kier molecular flexibility index (Phi) is 6.14. The Labute approximate surface area is 140 Å². The standard InChI is InChI=1S/C17H23FN2O4/c1-13(21)19-10-16(22)20-9-3-8-17(11-20,23-2)12-24-15-6-4-14(18)5-7-15/h4-7H,3,8-12H2,1-2H3,(H,19,21). The number of benzene rings is 1. The van der Waals surface area contributed by atoms with E-state index in [2.05, 4.69) is 5.32 Å². The van der Waals surface area contributed by atoms with Crippen LogP contribution < -0.4 is 10.1 Å². The molecule has 1 saturated heterocycles. The Bertz CT molecular complexity index is 578. The molecule has 0 bridgehead atoms. The summed E-state index contributed by atoms with van der Waals surface area (Å²) in [5, 5.41) is 2.51. The van der Waals surface area contributed by atoms with Gasteiger partial charge in [0.1, 0.15) is 23.8 Å². The smallest absolute Gasteiger partial charge is 0.242 e. The number of hydrogen-bond acceptors (Lipinski definition) is 4. The summed E-state index contributed by atoms with van der Waals surface area (Å²) in [6.45, 7) is 2.63. The number of halogens is 1. The fourth-order valence-corrected chi connectivity index (χ4v) is 2.71. The molecule has 0 radical (unpaired) electrons. The van der Waals surface area contributed by atoms with Gasteiger partial charge < -0.3 is 19.7 Å². The number of nitrogens with one attached hydrogen (secondary N) is 1. The van der Waals surface area contributed by atoms with Gasteiger partial charge in [0, 0.05) is 20.6 Å². The van der Waals surface area contributed by atoms with Gasteiger partial charge in [-0.05, 0) is 37.1 Å². The first-order valence-electron chi connectivity index (χ1n) is 7.90. The third-order valence-electron chi connectivity index (χ3n) is 4.13. The normalized spacial score (nSPS) is 20.5. The molecule has 1 N–H and O–H groups in total. The highest BCUT2D eigenvalue weighted by Crippen LogP contribution is 2.26. The van der Waals surface area contributed by atoms with Crippen LogP contribution in [-0.4, -0.2) is 55.7 Å². The van der Waals surface area contributed by atoms with E-state index in [1.54, 1.807) is 24.1 Å². The summed E-state index contributed by atoms with van der Waals surface area (Å²) >= 11 is 0. The zero-order valence-electron chi connectivity index (χ0n) is 14.0. The molecule has 1 aromatic carbocycles. The van der Waals surface area contributed by atoms with Crippen molar-refractivity contribution in [2.45, 2.75) is 25.4 Å². The van der Waals surface area contributed by atoms with E-state index < -0.39 is 5.60 Å². The van der Waals surface area contributed by atoms with Gasteiger partial charge in [0.25, 0.3) is 0 Å². The average molecular weight is 338 g/mol. The zero-order chi connectivity index (χ0) is 17.6. The van der Waals surface area contributed by atoms with Crippen molar-refractivity contribution in [2.24, 2.45) is 0 Å². The number of hydrogen-bond donors (Lipinski definition) is 1. The van der Waals surface area contributed by atoms with E-state index in [1.165, 1.54) is 19.1 Å². The van der Waals surface area contributed by atoms with E-state index >= 15 is 0 Å². The number of carbonyl (C=O) groups is 2. The van der Waals surface area contributed by atoms with Crippen molar-refractivity contribution in [3.05, 3.63) is 30.1 Å². The molecule has 1 fully saturated rings. The van der Waals surface area contributed by atoms with Crippen LogP contribution in [0.3, 0.4) is 0 Å². The molecule has 0 saturated carbocycles. The Morgan fingerprint density at radius 1 is 1.33 bits per heavy atom. The lowest BCUT2D eigenvalue weighted by Gasteiger charge is -2.41. The fourth-order valence-electron chi connectivity index (χ4n) is 2.71. The van der Waals surface area contributed by atoms with Gasteiger partial charge >= 0.3 is 0 Å².